The van der Waals surface area contributed by atoms with Gasteiger partial charge in [-0.3, -0.25) is 0 Å². The molecule has 0 fully saturated rings. The lowest BCUT2D eigenvalue weighted by Crippen LogP contribution is -2.03. The first-order valence-corrected chi connectivity index (χ1v) is 5.17. The van der Waals surface area contributed by atoms with E-state index in [1.54, 1.807) is 18.2 Å². The van der Waals surface area contributed by atoms with Gasteiger partial charge in [-0.1, -0.05) is 36.4 Å². The molecule has 2 nitrogen and oxygen atoms in total. The van der Waals surface area contributed by atoms with Gasteiger partial charge in [0.15, 0.2) is 0 Å². The van der Waals surface area contributed by atoms with E-state index >= 15 is 0 Å². The van der Waals surface area contributed by atoms with Crippen LogP contribution in [0.3, 0.4) is 0 Å². The molecule has 0 aromatic heterocycles. The molecule has 0 atom stereocenters. The summed E-state index contributed by atoms with van der Waals surface area (Å²) in [7, 11) is 0. The number of carbonyl (C=O) groups is 1. The van der Waals surface area contributed by atoms with E-state index in [9.17, 15) is 4.79 Å². The molecule has 0 spiro atoms. The molecule has 0 amide bonds. The first kappa shape index (κ1) is 10.4. The Labute approximate surface area is 94.6 Å². The van der Waals surface area contributed by atoms with Crippen LogP contribution < -0.4 is 0 Å². The van der Waals surface area contributed by atoms with Gasteiger partial charge in [0.1, 0.15) is 5.76 Å². The summed E-state index contributed by atoms with van der Waals surface area (Å²) in [5.41, 5.74) is 0.564. The summed E-state index contributed by atoms with van der Waals surface area (Å²) >= 11 is 0. The predicted octanol–water partition coefficient (Wildman–Crippen LogP) is 3.24. The Morgan fingerprint density at radius 1 is 1.12 bits per heavy atom. The molecule has 0 heterocycles. The summed E-state index contributed by atoms with van der Waals surface area (Å²) in [6, 6.07) is 8.97. The third-order valence-corrected chi connectivity index (χ3v) is 2.18. The maximum Gasteiger partial charge on any atom is 0.343 e. The zero-order valence-electron chi connectivity index (χ0n) is 8.80. The smallest absolute Gasteiger partial charge is 0.343 e. The Morgan fingerprint density at radius 2 is 1.94 bits per heavy atom. The van der Waals surface area contributed by atoms with Gasteiger partial charge >= 0.3 is 5.97 Å². The lowest BCUT2D eigenvalue weighted by atomic mass is 10.2. The van der Waals surface area contributed by atoms with Gasteiger partial charge in [-0.2, -0.15) is 0 Å². The van der Waals surface area contributed by atoms with Gasteiger partial charge in [0.2, 0.25) is 0 Å². The molecular formula is C14H12O2. The molecule has 1 aromatic carbocycles. The molecule has 0 saturated carbocycles. The van der Waals surface area contributed by atoms with Gasteiger partial charge in [-0.05, 0) is 30.7 Å². The minimum atomic E-state index is -0.321. The number of rotatable bonds is 2. The maximum atomic E-state index is 11.7. The van der Waals surface area contributed by atoms with Crippen molar-refractivity contribution < 1.29 is 9.53 Å². The number of hydrogen-bond donors (Lipinski definition) is 0. The van der Waals surface area contributed by atoms with Crippen LogP contribution in [0.25, 0.3) is 0 Å². The average molecular weight is 212 g/mol. The van der Waals surface area contributed by atoms with E-state index < -0.39 is 0 Å². The third-order valence-electron chi connectivity index (χ3n) is 2.18. The molecule has 1 aliphatic carbocycles. The lowest BCUT2D eigenvalue weighted by Gasteiger charge is -2.04. The summed E-state index contributed by atoms with van der Waals surface area (Å²) in [5.74, 6) is 0.275. The van der Waals surface area contributed by atoms with E-state index in [0.29, 0.717) is 11.3 Å². The highest BCUT2D eigenvalue weighted by molar-refractivity contribution is 5.90. The van der Waals surface area contributed by atoms with Crippen LogP contribution in [-0.2, 0) is 4.74 Å². The number of allylic oxidation sites excluding steroid dienone is 5. The molecule has 0 aliphatic heterocycles. The first-order valence-electron chi connectivity index (χ1n) is 5.17. The van der Waals surface area contributed by atoms with Crippen molar-refractivity contribution in [2.45, 2.75) is 6.42 Å². The Morgan fingerprint density at radius 3 is 2.75 bits per heavy atom. The van der Waals surface area contributed by atoms with Crippen LogP contribution >= 0.6 is 0 Å². The van der Waals surface area contributed by atoms with E-state index in [0.717, 1.165) is 6.42 Å². The van der Waals surface area contributed by atoms with Gasteiger partial charge < -0.3 is 4.74 Å². The van der Waals surface area contributed by atoms with Crippen molar-refractivity contribution >= 4 is 5.97 Å². The number of hydrogen-bond acceptors (Lipinski definition) is 2. The minimum absolute atomic E-state index is 0.321. The second-order valence-electron chi connectivity index (χ2n) is 3.39. The molecule has 16 heavy (non-hydrogen) atoms. The number of esters is 1. The van der Waals surface area contributed by atoms with Crippen molar-refractivity contribution in [2.75, 3.05) is 0 Å². The lowest BCUT2D eigenvalue weighted by molar-refractivity contribution is 0.0636. The molecule has 0 unspecified atom stereocenters. The summed E-state index contributed by atoms with van der Waals surface area (Å²) in [6.45, 7) is 0. The molecule has 0 N–H and O–H groups in total. The van der Waals surface area contributed by atoms with E-state index in [1.807, 2.05) is 42.5 Å². The van der Waals surface area contributed by atoms with Crippen molar-refractivity contribution in [3.05, 3.63) is 72.0 Å². The highest BCUT2D eigenvalue weighted by Gasteiger charge is 2.07. The molecular weight excluding hydrogens is 200 g/mol. The van der Waals surface area contributed by atoms with Crippen molar-refractivity contribution in [2.24, 2.45) is 0 Å². The number of ether oxygens (including phenoxy) is 1. The van der Waals surface area contributed by atoms with Crippen LogP contribution in [0.1, 0.15) is 16.8 Å². The maximum absolute atomic E-state index is 11.7. The Kier molecular flexibility index (Phi) is 3.34. The fourth-order valence-corrected chi connectivity index (χ4v) is 1.38. The first-order chi connectivity index (χ1) is 7.86. The van der Waals surface area contributed by atoms with Crippen molar-refractivity contribution in [3.8, 4) is 0 Å². The van der Waals surface area contributed by atoms with Gasteiger partial charge in [-0.25, -0.2) is 4.79 Å². The molecule has 2 heteroatoms. The number of carbonyl (C=O) groups excluding carboxylic acids is 1. The second-order valence-corrected chi connectivity index (χ2v) is 3.39. The largest absolute Gasteiger partial charge is 0.423 e. The molecule has 80 valence electrons. The fourth-order valence-electron chi connectivity index (χ4n) is 1.38. The van der Waals surface area contributed by atoms with E-state index in [-0.39, 0.29) is 5.97 Å². The fraction of sp³-hybridized carbons (Fsp3) is 0.0714. The highest BCUT2D eigenvalue weighted by Crippen LogP contribution is 2.10. The van der Waals surface area contributed by atoms with Crippen LogP contribution in [0.4, 0.5) is 0 Å². The van der Waals surface area contributed by atoms with Gasteiger partial charge in [-0.15, -0.1) is 0 Å². The van der Waals surface area contributed by atoms with E-state index in [1.165, 1.54) is 0 Å². The third kappa shape index (κ3) is 2.70. The second kappa shape index (κ2) is 5.12. The van der Waals surface area contributed by atoms with Crippen LogP contribution in [-0.4, -0.2) is 5.97 Å². The standard InChI is InChI=1S/C14H12O2/c15-14(12-8-4-3-5-9-12)16-13-10-6-1-2-7-11-13/h1-6,8-11H,7H2. The van der Waals surface area contributed by atoms with Crippen molar-refractivity contribution in [3.63, 3.8) is 0 Å². The zero-order valence-corrected chi connectivity index (χ0v) is 8.80. The number of benzene rings is 1. The molecule has 1 aliphatic rings. The monoisotopic (exact) mass is 212 g/mol. The van der Waals surface area contributed by atoms with Crippen molar-refractivity contribution in [1.82, 2.24) is 0 Å². The van der Waals surface area contributed by atoms with Gasteiger partial charge in [0.25, 0.3) is 0 Å². The van der Waals surface area contributed by atoms with Gasteiger partial charge in [0.05, 0.1) is 5.56 Å². The Hall–Kier alpha value is -2.09. The molecule has 0 bridgehead atoms. The SMILES string of the molecule is O=C(OC1=CCC=CC=C1)c1ccccc1. The Bertz CT molecular complexity index is 453. The Balaban J connectivity index is 2.06. The summed E-state index contributed by atoms with van der Waals surface area (Å²) in [5, 5.41) is 0. The predicted molar refractivity (Wildman–Crippen MR) is 62.8 cm³/mol. The van der Waals surface area contributed by atoms with Crippen LogP contribution in [0.5, 0.6) is 0 Å². The van der Waals surface area contributed by atoms with E-state index in [4.69, 9.17) is 4.74 Å². The molecule has 0 radical (unpaired) electrons. The summed E-state index contributed by atoms with van der Waals surface area (Å²) in [4.78, 5) is 11.7. The summed E-state index contributed by atoms with van der Waals surface area (Å²) < 4.78 is 5.25. The van der Waals surface area contributed by atoms with Crippen molar-refractivity contribution in [1.29, 1.82) is 0 Å². The van der Waals surface area contributed by atoms with Crippen LogP contribution in [0, 0.1) is 0 Å². The van der Waals surface area contributed by atoms with E-state index in [2.05, 4.69) is 0 Å². The topological polar surface area (TPSA) is 26.3 Å². The quantitative estimate of drug-likeness (QED) is 0.703. The average Bonchev–Trinajstić information content (AvgIpc) is 2.59. The van der Waals surface area contributed by atoms with Crippen LogP contribution in [0.15, 0.2) is 66.5 Å². The van der Waals surface area contributed by atoms with Gasteiger partial charge in [0, 0.05) is 0 Å². The minimum Gasteiger partial charge on any atom is -0.423 e. The highest BCUT2D eigenvalue weighted by atomic mass is 16.5. The van der Waals surface area contributed by atoms with Crippen LogP contribution in [0.2, 0.25) is 0 Å². The molecule has 1 aromatic rings. The normalized spacial score (nSPS) is 14.1. The molecule has 0 saturated heterocycles. The molecule has 2 rings (SSSR count). The summed E-state index contributed by atoms with van der Waals surface area (Å²) in [6.07, 6.45) is 10.2. The zero-order chi connectivity index (χ0) is 11.2.